The fourth-order valence-corrected chi connectivity index (χ4v) is 2.40. The number of nitrogens with one attached hydrogen (secondary N) is 1. The van der Waals surface area contributed by atoms with E-state index in [0.29, 0.717) is 12.1 Å². The topological polar surface area (TPSA) is 24.4 Å². The van der Waals surface area contributed by atoms with Crippen LogP contribution in [0.3, 0.4) is 0 Å². The van der Waals surface area contributed by atoms with Crippen LogP contribution >= 0.6 is 0 Å². The van der Waals surface area contributed by atoms with Crippen molar-refractivity contribution in [2.24, 2.45) is 4.99 Å². The Morgan fingerprint density at radius 3 is 2.38 bits per heavy atom. The Labute approximate surface area is 80.8 Å². The molecular formula is C11H20N2. The Hall–Kier alpha value is -0.370. The summed E-state index contributed by atoms with van der Waals surface area (Å²) in [4.78, 5) is 4.23. The van der Waals surface area contributed by atoms with Crippen molar-refractivity contribution < 1.29 is 0 Å². The van der Waals surface area contributed by atoms with Gasteiger partial charge in [-0.2, -0.15) is 0 Å². The van der Waals surface area contributed by atoms with E-state index in [1.165, 1.54) is 44.9 Å². The predicted octanol–water partition coefficient (Wildman–Crippen LogP) is 2.14. The Kier molecular flexibility index (Phi) is 2.99. The SMILES string of the molecule is C=NC1CCCCC1NC1CCC1. The molecule has 2 nitrogen and oxygen atoms in total. The number of hydrogen-bond acceptors (Lipinski definition) is 2. The van der Waals surface area contributed by atoms with E-state index in [2.05, 4.69) is 17.0 Å². The zero-order valence-corrected chi connectivity index (χ0v) is 8.34. The van der Waals surface area contributed by atoms with E-state index >= 15 is 0 Å². The molecule has 2 unspecified atom stereocenters. The number of hydrogen-bond donors (Lipinski definition) is 1. The van der Waals surface area contributed by atoms with E-state index < -0.39 is 0 Å². The van der Waals surface area contributed by atoms with Gasteiger partial charge in [-0.25, -0.2) is 0 Å². The molecule has 2 aliphatic carbocycles. The van der Waals surface area contributed by atoms with Gasteiger partial charge < -0.3 is 5.32 Å². The predicted molar refractivity (Wildman–Crippen MR) is 56.4 cm³/mol. The van der Waals surface area contributed by atoms with Gasteiger partial charge in [0.05, 0.1) is 6.04 Å². The lowest BCUT2D eigenvalue weighted by molar-refractivity contribution is 0.247. The van der Waals surface area contributed by atoms with Crippen molar-refractivity contribution in [2.75, 3.05) is 0 Å². The zero-order valence-electron chi connectivity index (χ0n) is 8.34. The lowest BCUT2D eigenvalue weighted by Crippen LogP contribution is -2.48. The number of nitrogens with zero attached hydrogens (tertiary/aromatic N) is 1. The molecule has 2 rings (SSSR count). The summed E-state index contributed by atoms with van der Waals surface area (Å²) < 4.78 is 0. The van der Waals surface area contributed by atoms with E-state index in [4.69, 9.17) is 0 Å². The normalized spacial score (nSPS) is 35.4. The van der Waals surface area contributed by atoms with Gasteiger partial charge >= 0.3 is 0 Å². The van der Waals surface area contributed by atoms with Crippen LogP contribution in [0.2, 0.25) is 0 Å². The highest BCUT2D eigenvalue weighted by molar-refractivity contribution is 5.24. The molecule has 1 N–H and O–H groups in total. The summed E-state index contributed by atoms with van der Waals surface area (Å²) in [5, 5.41) is 3.72. The average molecular weight is 180 g/mol. The first kappa shape index (κ1) is 9.20. The first-order valence-corrected chi connectivity index (χ1v) is 5.62. The summed E-state index contributed by atoms with van der Waals surface area (Å²) in [5.41, 5.74) is 0. The summed E-state index contributed by atoms with van der Waals surface area (Å²) in [7, 11) is 0. The van der Waals surface area contributed by atoms with Crippen molar-refractivity contribution in [1.29, 1.82) is 0 Å². The van der Waals surface area contributed by atoms with Crippen molar-refractivity contribution >= 4 is 6.72 Å². The number of aliphatic imine (C=N–C) groups is 1. The minimum atomic E-state index is 0.495. The highest BCUT2D eigenvalue weighted by Gasteiger charge is 2.27. The van der Waals surface area contributed by atoms with Crippen LogP contribution in [0.5, 0.6) is 0 Å². The minimum absolute atomic E-state index is 0.495. The van der Waals surface area contributed by atoms with Gasteiger partial charge in [-0.15, -0.1) is 0 Å². The fraction of sp³-hybridized carbons (Fsp3) is 0.909. The largest absolute Gasteiger partial charge is 0.309 e. The summed E-state index contributed by atoms with van der Waals surface area (Å²) >= 11 is 0. The smallest absolute Gasteiger partial charge is 0.0645 e. The highest BCUT2D eigenvalue weighted by atomic mass is 15.0. The lowest BCUT2D eigenvalue weighted by atomic mass is 9.86. The molecule has 0 saturated heterocycles. The van der Waals surface area contributed by atoms with Crippen LogP contribution in [0.1, 0.15) is 44.9 Å². The molecule has 13 heavy (non-hydrogen) atoms. The molecular weight excluding hydrogens is 160 g/mol. The molecule has 74 valence electrons. The van der Waals surface area contributed by atoms with Gasteiger partial charge in [-0.3, -0.25) is 4.99 Å². The maximum absolute atomic E-state index is 4.23. The van der Waals surface area contributed by atoms with E-state index in [1.54, 1.807) is 0 Å². The lowest BCUT2D eigenvalue weighted by Gasteiger charge is -2.36. The van der Waals surface area contributed by atoms with Gasteiger partial charge in [0, 0.05) is 12.1 Å². The molecule has 2 fully saturated rings. The molecule has 2 atom stereocenters. The second-order valence-electron chi connectivity index (χ2n) is 4.44. The summed E-state index contributed by atoms with van der Waals surface area (Å²) in [5.74, 6) is 0. The Balaban J connectivity index is 1.82. The molecule has 2 saturated carbocycles. The van der Waals surface area contributed by atoms with E-state index in [1.807, 2.05) is 0 Å². The van der Waals surface area contributed by atoms with Crippen LogP contribution in [-0.2, 0) is 0 Å². The summed E-state index contributed by atoms with van der Waals surface area (Å²) in [6.45, 7) is 3.70. The molecule has 0 bridgehead atoms. The fourth-order valence-electron chi connectivity index (χ4n) is 2.40. The van der Waals surface area contributed by atoms with E-state index in [-0.39, 0.29) is 0 Å². The van der Waals surface area contributed by atoms with Gasteiger partial charge in [0.15, 0.2) is 0 Å². The second-order valence-corrected chi connectivity index (χ2v) is 4.44. The monoisotopic (exact) mass is 180 g/mol. The Morgan fingerprint density at radius 1 is 1.00 bits per heavy atom. The third-order valence-corrected chi connectivity index (χ3v) is 3.52. The first-order valence-electron chi connectivity index (χ1n) is 5.62. The minimum Gasteiger partial charge on any atom is -0.309 e. The zero-order chi connectivity index (χ0) is 9.10. The van der Waals surface area contributed by atoms with Crippen molar-refractivity contribution in [1.82, 2.24) is 5.32 Å². The molecule has 2 aliphatic rings. The Morgan fingerprint density at radius 2 is 1.77 bits per heavy atom. The van der Waals surface area contributed by atoms with Crippen molar-refractivity contribution in [3.05, 3.63) is 0 Å². The third kappa shape index (κ3) is 2.11. The van der Waals surface area contributed by atoms with Crippen LogP contribution in [0.4, 0.5) is 0 Å². The van der Waals surface area contributed by atoms with Crippen LogP contribution in [0.25, 0.3) is 0 Å². The number of rotatable bonds is 3. The highest BCUT2D eigenvalue weighted by Crippen LogP contribution is 2.25. The molecule has 0 radical (unpaired) electrons. The van der Waals surface area contributed by atoms with Gasteiger partial charge in [0.2, 0.25) is 0 Å². The summed E-state index contributed by atoms with van der Waals surface area (Å²) in [6.07, 6.45) is 9.42. The van der Waals surface area contributed by atoms with Gasteiger partial charge in [0.25, 0.3) is 0 Å². The molecule has 0 aromatic rings. The molecule has 0 aliphatic heterocycles. The van der Waals surface area contributed by atoms with Crippen LogP contribution in [0, 0.1) is 0 Å². The van der Waals surface area contributed by atoms with E-state index in [0.717, 1.165) is 6.04 Å². The molecule has 0 amide bonds. The van der Waals surface area contributed by atoms with Crippen LogP contribution in [-0.4, -0.2) is 24.8 Å². The standard InChI is InChI=1S/C11H20N2/c1-12-10-7-2-3-8-11(10)13-9-5-4-6-9/h9-11,13H,1-8H2. The molecule has 0 aromatic heterocycles. The molecule has 0 heterocycles. The molecule has 2 heteroatoms. The summed E-state index contributed by atoms with van der Waals surface area (Å²) in [6, 6.07) is 1.93. The van der Waals surface area contributed by atoms with Gasteiger partial charge in [0.1, 0.15) is 0 Å². The van der Waals surface area contributed by atoms with Crippen LogP contribution in [0.15, 0.2) is 4.99 Å². The average Bonchev–Trinajstić information content (AvgIpc) is 2.12. The van der Waals surface area contributed by atoms with Crippen molar-refractivity contribution in [3.8, 4) is 0 Å². The van der Waals surface area contributed by atoms with Crippen LogP contribution < -0.4 is 5.32 Å². The third-order valence-electron chi connectivity index (χ3n) is 3.52. The van der Waals surface area contributed by atoms with Crippen molar-refractivity contribution in [2.45, 2.75) is 63.1 Å². The second kappa shape index (κ2) is 4.23. The first-order chi connectivity index (χ1) is 6.40. The molecule has 0 aromatic carbocycles. The maximum atomic E-state index is 4.23. The van der Waals surface area contributed by atoms with Gasteiger partial charge in [-0.1, -0.05) is 19.3 Å². The van der Waals surface area contributed by atoms with E-state index in [9.17, 15) is 0 Å². The maximum Gasteiger partial charge on any atom is 0.0645 e. The molecule has 0 spiro atoms. The quantitative estimate of drug-likeness (QED) is 0.661. The van der Waals surface area contributed by atoms with Gasteiger partial charge in [-0.05, 0) is 32.4 Å². The Bertz CT molecular complexity index is 175. The van der Waals surface area contributed by atoms with Crippen molar-refractivity contribution in [3.63, 3.8) is 0 Å².